The molecule has 3 rings (SSSR count). The minimum atomic E-state index is -0.435. The molecule has 0 saturated carbocycles. The van der Waals surface area contributed by atoms with E-state index >= 15 is 0 Å². The molecule has 1 fully saturated rings. The van der Waals surface area contributed by atoms with E-state index in [0.717, 1.165) is 38.1 Å². The highest BCUT2D eigenvalue weighted by molar-refractivity contribution is 5.68. The number of hydrogen-bond donors (Lipinski definition) is 0. The Morgan fingerprint density at radius 1 is 1.20 bits per heavy atom. The Morgan fingerprint density at radius 2 is 1.84 bits per heavy atom. The lowest BCUT2D eigenvalue weighted by Gasteiger charge is -2.34. The molecule has 4 nitrogen and oxygen atoms in total. The van der Waals surface area contributed by atoms with Gasteiger partial charge in [-0.25, -0.2) is 4.79 Å². The number of amides is 1. The molecule has 0 aromatic heterocycles. The standard InChI is InChI=1S/C21H31NO3/c1-13-11-14(2)19-17(12-15(3)24-19)18(13)16-7-9-22(10-8-16)20(23)25-21(4,5)6/h11,15-16H,7-10,12H2,1-6H3/t15-/m1/s1. The topological polar surface area (TPSA) is 38.8 Å². The molecule has 2 aliphatic rings. The fourth-order valence-electron chi connectivity index (χ4n) is 4.21. The second kappa shape index (κ2) is 6.54. The van der Waals surface area contributed by atoms with Crippen molar-refractivity contribution in [1.82, 2.24) is 4.90 Å². The van der Waals surface area contributed by atoms with Gasteiger partial charge in [-0.3, -0.25) is 0 Å². The molecule has 0 bridgehead atoms. The Morgan fingerprint density at radius 3 is 2.44 bits per heavy atom. The molecule has 0 spiro atoms. The van der Waals surface area contributed by atoms with E-state index in [0.29, 0.717) is 5.92 Å². The molecular formula is C21H31NO3. The van der Waals surface area contributed by atoms with E-state index in [1.807, 2.05) is 25.7 Å². The van der Waals surface area contributed by atoms with Gasteiger partial charge in [0, 0.05) is 25.1 Å². The lowest BCUT2D eigenvalue weighted by Crippen LogP contribution is -2.41. The van der Waals surface area contributed by atoms with Crippen LogP contribution in [0, 0.1) is 13.8 Å². The first-order chi connectivity index (χ1) is 11.7. The van der Waals surface area contributed by atoms with Crippen LogP contribution < -0.4 is 4.74 Å². The molecule has 1 aromatic carbocycles. The van der Waals surface area contributed by atoms with Crippen molar-refractivity contribution in [2.45, 2.75) is 78.4 Å². The SMILES string of the molecule is Cc1cc(C)c(C2CCN(C(=O)OC(C)(C)C)CC2)c2c1O[C@H](C)C2. The summed E-state index contributed by atoms with van der Waals surface area (Å²) >= 11 is 0. The molecule has 2 aliphatic heterocycles. The quantitative estimate of drug-likeness (QED) is 0.738. The largest absolute Gasteiger partial charge is 0.490 e. The lowest BCUT2D eigenvalue weighted by molar-refractivity contribution is 0.0204. The number of fused-ring (bicyclic) bond motifs is 1. The number of carbonyl (C=O) groups excluding carboxylic acids is 1. The zero-order valence-corrected chi connectivity index (χ0v) is 16.4. The van der Waals surface area contributed by atoms with Crippen molar-refractivity contribution in [3.05, 3.63) is 28.3 Å². The first-order valence-corrected chi connectivity index (χ1v) is 9.43. The van der Waals surface area contributed by atoms with Gasteiger partial charge in [-0.05, 0) is 77.0 Å². The predicted octanol–water partition coefficient (Wildman–Crippen LogP) is 4.74. The Bertz CT molecular complexity index is 667. The lowest BCUT2D eigenvalue weighted by atomic mass is 9.82. The van der Waals surface area contributed by atoms with Crippen LogP contribution in [0.3, 0.4) is 0 Å². The van der Waals surface area contributed by atoms with Crippen molar-refractivity contribution in [3.63, 3.8) is 0 Å². The molecule has 1 atom stereocenters. The molecule has 2 heterocycles. The van der Waals surface area contributed by atoms with E-state index in [-0.39, 0.29) is 12.2 Å². The predicted molar refractivity (Wildman–Crippen MR) is 99.5 cm³/mol. The molecular weight excluding hydrogens is 314 g/mol. The summed E-state index contributed by atoms with van der Waals surface area (Å²) in [6.07, 6.45) is 3.05. The maximum absolute atomic E-state index is 12.3. The second-order valence-corrected chi connectivity index (χ2v) is 8.61. The van der Waals surface area contributed by atoms with Crippen LogP contribution in [0.4, 0.5) is 4.79 Å². The molecule has 138 valence electrons. The monoisotopic (exact) mass is 345 g/mol. The number of piperidine rings is 1. The second-order valence-electron chi connectivity index (χ2n) is 8.61. The summed E-state index contributed by atoms with van der Waals surface area (Å²) in [6.45, 7) is 13.8. The number of carbonyl (C=O) groups is 1. The number of likely N-dealkylation sites (tertiary alicyclic amines) is 1. The highest BCUT2D eigenvalue weighted by Crippen LogP contribution is 2.42. The fraction of sp³-hybridized carbons (Fsp3) is 0.667. The number of ether oxygens (including phenoxy) is 2. The van der Waals surface area contributed by atoms with Gasteiger partial charge in [0.25, 0.3) is 0 Å². The van der Waals surface area contributed by atoms with E-state index in [2.05, 4.69) is 26.8 Å². The molecule has 0 radical (unpaired) electrons. The van der Waals surface area contributed by atoms with Gasteiger partial charge < -0.3 is 14.4 Å². The Labute approximate surface area is 151 Å². The van der Waals surface area contributed by atoms with Gasteiger partial charge in [-0.1, -0.05) is 6.07 Å². The maximum Gasteiger partial charge on any atom is 0.410 e. The first kappa shape index (κ1) is 18.1. The summed E-state index contributed by atoms with van der Waals surface area (Å²) in [5.74, 6) is 1.60. The summed E-state index contributed by atoms with van der Waals surface area (Å²) in [5, 5.41) is 0. The minimum Gasteiger partial charge on any atom is -0.490 e. The van der Waals surface area contributed by atoms with E-state index in [9.17, 15) is 4.79 Å². The van der Waals surface area contributed by atoms with Gasteiger partial charge in [-0.2, -0.15) is 0 Å². The highest BCUT2D eigenvalue weighted by atomic mass is 16.6. The average Bonchev–Trinajstić information content (AvgIpc) is 2.88. The molecule has 0 aliphatic carbocycles. The normalized spacial score (nSPS) is 21.0. The van der Waals surface area contributed by atoms with Gasteiger partial charge in [0.1, 0.15) is 17.5 Å². The van der Waals surface area contributed by atoms with Crippen molar-refractivity contribution in [2.24, 2.45) is 0 Å². The molecule has 4 heteroatoms. The van der Waals surface area contributed by atoms with Crippen molar-refractivity contribution < 1.29 is 14.3 Å². The fourth-order valence-corrected chi connectivity index (χ4v) is 4.21. The molecule has 25 heavy (non-hydrogen) atoms. The van der Waals surface area contributed by atoms with Gasteiger partial charge in [0.05, 0.1) is 0 Å². The van der Waals surface area contributed by atoms with E-state index in [1.54, 1.807) is 0 Å². The van der Waals surface area contributed by atoms with E-state index in [1.165, 1.54) is 22.3 Å². The zero-order chi connectivity index (χ0) is 18.4. The molecule has 0 unspecified atom stereocenters. The first-order valence-electron chi connectivity index (χ1n) is 9.43. The van der Waals surface area contributed by atoms with Gasteiger partial charge in [0.15, 0.2) is 0 Å². The van der Waals surface area contributed by atoms with Crippen LogP contribution in [0.2, 0.25) is 0 Å². The van der Waals surface area contributed by atoms with Gasteiger partial charge in [-0.15, -0.1) is 0 Å². The van der Waals surface area contributed by atoms with Gasteiger partial charge >= 0.3 is 6.09 Å². The van der Waals surface area contributed by atoms with Crippen LogP contribution in [0.1, 0.15) is 68.7 Å². The number of rotatable bonds is 1. The Kier molecular flexibility index (Phi) is 4.74. The van der Waals surface area contributed by atoms with Crippen molar-refractivity contribution in [3.8, 4) is 5.75 Å². The molecule has 0 N–H and O–H groups in total. The summed E-state index contributed by atoms with van der Waals surface area (Å²) < 4.78 is 11.6. The van der Waals surface area contributed by atoms with Crippen molar-refractivity contribution >= 4 is 6.09 Å². The summed E-state index contributed by atoms with van der Waals surface area (Å²) in [5.41, 5.74) is 5.04. The number of hydrogen-bond acceptors (Lipinski definition) is 3. The number of nitrogens with zero attached hydrogens (tertiary/aromatic N) is 1. The zero-order valence-electron chi connectivity index (χ0n) is 16.4. The number of aryl methyl sites for hydroxylation is 2. The van der Waals surface area contributed by atoms with Crippen LogP contribution in [-0.4, -0.2) is 35.8 Å². The van der Waals surface area contributed by atoms with Crippen LogP contribution in [0.15, 0.2) is 6.07 Å². The van der Waals surface area contributed by atoms with Crippen molar-refractivity contribution in [1.29, 1.82) is 0 Å². The third-order valence-corrected chi connectivity index (χ3v) is 5.18. The molecule has 1 aromatic rings. The van der Waals surface area contributed by atoms with Crippen LogP contribution in [-0.2, 0) is 11.2 Å². The van der Waals surface area contributed by atoms with E-state index in [4.69, 9.17) is 9.47 Å². The Hall–Kier alpha value is -1.71. The molecule has 1 saturated heterocycles. The van der Waals surface area contributed by atoms with E-state index < -0.39 is 5.60 Å². The summed E-state index contributed by atoms with van der Waals surface area (Å²) in [4.78, 5) is 14.1. The smallest absolute Gasteiger partial charge is 0.410 e. The van der Waals surface area contributed by atoms with Crippen LogP contribution >= 0.6 is 0 Å². The number of benzene rings is 1. The van der Waals surface area contributed by atoms with Gasteiger partial charge in [0.2, 0.25) is 0 Å². The van der Waals surface area contributed by atoms with Crippen LogP contribution in [0.5, 0.6) is 5.75 Å². The Balaban J connectivity index is 1.74. The maximum atomic E-state index is 12.3. The summed E-state index contributed by atoms with van der Waals surface area (Å²) in [7, 11) is 0. The third kappa shape index (κ3) is 3.78. The average molecular weight is 345 g/mol. The third-order valence-electron chi connectivity index (χ3n) is 5.18. The summed E-state index contributed by atoms with van der Waals surface area (Å²) in [6, 6.07) is 2.26. The van der Waals surface area contributed by atoms with Crippen LogP contribution in [0.25, 0.3) is 0 Å². The molecule has 1 amide bonds. The van der Waals surface area contributed by atoms with Crippen molar-refractivity contribution in [2.75, 3.05) is 13.1 Å². The highest BCUT2D eigenvalue weighted by Gasteiger charge is 2.32. The minimum absolute atomic E-state index is 0.186.